The first-order valence-electron chi connectivity index (χ1n) is 9.43. The molecule has 7 nitrogen and oxygen atoms in total. The van der Waals surface area contributed by atoms with Gasteiger partial charge in [0.05, 0.1) is 19.3 Å². The monoisotopic (exact) mass is 406 g/mol. The topological polar surface area (TPSA) is 68.7 Å². The number of anilines is 1. The van der Waals surface area contributed by atoms with E-state index in [1.807, 2.05) is 37.3 Å². The maximum atomic E-state index is 6.07. The van der Waals surface area contributed by atoms with Crippen molar-refractivity contribution in [3.8, 4) is 17.4 Å². The molecule has 152 valence electrons. The Labute approximate surface area is 171 Å². The third-order valence-corrected chi connectivity index (χ3v) is 5.17. The second-order valence-electron chi connectivity index (χ2n) is 7.12. The number of methoxy groups -OCH3 is 1. The lowest BCUT2D eigenvalue weighted by Gasteiger charge is -2.44. The molecule has 0 atom stereocenters. The number of ether oxygens (including phenoxy) is 3. The van der Waals surface area contributed by atoms with Crippen LogP contribution < -0.4 is 19.7 Å². The number of hydrogen-bond donors (Lipinski definition) is 1. The minimum atomic E-state index is -0.0293. The largest absolute Gasteiger partial charge is 0.497 e. The fourth-order valence-corrected chi connectivity index (χ4v) is 3.65. The van der Waals surface area contributed by atoms with Crippen LogP contribution >= 0.6 is 12.4 Å². The van der Waals surface area contributed by atoms with Crippen molar-refractivity contribution in [3.63, 3.8) is 0 Å². The van der Waals surface area contributed by atoms with Crippen LogP contribution in [-0.2, 0) is 4.74 Å². The van der Waals surface area contributed by atoms with Gasteiger partial charge in [0, 0.05) is 44.0 Å². The lowest BCUT2D eigenvalue weighted by atomic mass is 9.90. The zero-order valence-corrected chi connectivity index (χ0v) is 17.1. The van der Waals surface area contributed by atoms with Crippen LogP contribution in [0.4, 0.5) is 5.95 Å². The highest BCUT2D eigenvalue weighted by Gasteiger charge is 2.37. The number of halogens is 1. The van der Waals surface area contributed by atoms with Crippen molar-refractivity contribution < 1.29 is 14.2 Å². The maximum Gasteiger partial charge on any atom is 0.228 e. The van der Waals surface area contributed by atoms with E-state index >= 15 is 0 Å². The van der Waals surface area contributed by atoms with Crippen molar-refractivity contribution >= 4 is 18.4 Å². The van der Waals surface area contributed by atoms with Crippen molar-refractivity contribution in [1.29, 1.82) is 0 Å². The molecular weight excluding hydrogens is 380 g/mol. The number of benzene rings is 1. The SMILES string of the molecule is COc1cccc(Oc2cc(C)nc(N3CCC4(CC3)CNCCO4)n2)c1.Cl. The van der Waals surface area contributed by atoms with Gasteiger partial charge in [-0.1, -0.05) is 6.07 Å². The van der Waals surface area contributed by atoms with Gasteiger partial charge in [0.1, 0.15) is 11.5 Å². The summed E-state index contributed by atoms with van der Waals surface area (Å²) in [4.78, 5) is 11.5. The molecule has 0 radical (unpaired) electrons. The molecule has 2 saturated heterocycles. The predicted molar refractivity (Wildman–Crippen MR) is 110 cm³/mol. The van der Waals surface area contributed by atoms with Crippen LogP contribution in [0.2, 0.25) is 0 Å². The molecule has 0 bridgehead atoms. The summed E-state index contributed by atoms with van der Waals surface area (Å²) in [5.41, 5.74) is 0.854. The fraction of sp³-hybridized carbons (Fsp3) is 0.500. The van der Waals surface area contributed by atoms with Crippen LogP contribution in [0, 0.1) is 6.92 Å². The summed E-state index contributed by atoms with van der Waals surface area (Å²) >= 11 is 0. The van der Waals surface area contributed by atoms with E-state index in [1.54, 1.807) is 7.11 Å². The second kappa shape index (κ2) is 8.94. The molecule has 0 saturated carbocycles. The van der Waals surface area contributed by atoms with E-state index < -0.39 is 0 Å². The van der Waals surface area contributed by atoms with Crippen molar-refractivity contribution in [2.75, 3.05) is 44.8 Å². The first-order valence-corrected chi connectivity index (χ1v) is 9.43. The highest BCUT2D eigenvalue weighted by Crippen LogP contribution is 2.30. The predicted octanol–water partition coefficient (Wildman–Crippen LogP) is 2.97. The second-order valence-corrected chi connectivity index (χ2v) is 7.12. The third-order valence-electron chi connectivity index (χ3n) is 5.17. The minimum Gasteiger partial charge on any atom is -0.497 e. The molecule has 2 aliphatic rings. The van der Waals surface area contributed by atoms with E-state index in [9.17, 15) is 0 Å². The summed E-state index contributed by atoms with van der Waals surface area (Å²) in [6.07, 6.45) is 1.95. The zero-order chi connectivity index (χ0) is 18.7. The maximum absolute atomic E-state index is 6.07. The number of morpholine rings is 1. The van der Waals surface area contributed by atoms with Crippen LogP contribution in [0.1, 0.15) is 18.5 Å². The van der Waals surface area contributed by atoms with Gasteiger partial charge in [-0.2, -0.15) is 4.98 Å². The summed E-state index contributed by atoms with van der Waals surface area (Å²) in [6, 6.07) is 9.36. The summed E-state index contributed by atoms with van der Waals surface area (Å²) in [6.45, 7) is 6.38. The molecule has 28 heavy (non-hydrogen) atoms. The Bertz CT molecular complexity index is 789. The molecule has 2 aliphatic heterocycles. The Hall–Kier alpha value is -2.09. The highest BCUT2D eigenvalue weighted by molar-refractivity contribution is 5.85. The molecule has 1 aromatic carbocycles. The average molecular weight is 407 g/mol. The van der Waals surface area contributed by atoms with Crippen molar-refractivity contribution in [2.24, 2.45) is 0 Å². The molecule has 4 rings (SSSR count). The number of piperidine rings is 1. The van der Waals surface area contributed by atoms with E-state index in [0.29, 0.717) is 17.6 Å². The van der Waals surface area contributed by atoms with Crippen molar-refractivity contribution in [3.05, 3.63) is 36.0 Å². The van der Waals surface area contributed by atoms with Crippen LogP contribution in [0.5, 0.6) is 17.4 Å². The number of aryl methyl sites for hydroxylation is 1. The minimum absolute atomic E-state index is 0. The number of nitrogens with one attached hydrogen (secondary N) is 1. The lowest BCUT2D eigenvalue weighted by Crippen LogP contribution is -2.55. The van der Waals surface area contributed by atoms with E-state index in [-0.39, 0.29) is 18.0 Å². The zero-order valence-electron chi connectivity index (χ0n) is 16.3. The van der Waals surface area contributed by atoms with E-state index in [4.69, 9.17) is 14.2 Å². The Kier molecular flexibility index (Phi) is 6.59. The molecule has 3 heterocycles. The van der Waals surface area contributed by atoms with Gasteiger partial charge in [0.15, 0.2) is 0 Å². The van der Waals surface area contributed by atoms with Crippen LogP contribution in [-0.4, -0.2) is 55.5 Å². The van der Waals surface area contributed by atoms with Gasteiger partial charge in [-0.15, -0.1) is 12.4 Å². The average Bonchev–Trinajstić information content (AvgIpc) is 2.69. The standard InChI is InChI=1S/C20H26N4O3.ClH/c1-15-12-18(27-17-5-3-4-16(13-17)25-2)23-19(22-15)24-9-6-20(7-10-24)14-21-8-11-26-20;/h3-5,12-13,21H,6-11,14H2,1-2H3;1H. The number of hydrogen-bond acceptors (Lipinski definition) is 7. The smallest absolute Gasteiger partial charge is 0.228 e. The van der Waals surface area contributed by atoms with Gasteiger partial charge >= 0.3 is 0 Å². The molecule has 8 heteroatoms. The van der Waals surface area contributed by atoms with E-state index in [1.165, 1.54) is 0 Å². The van der Waals surface area contributed by atoms with E-state index in [0.717, 1.165) is 57.1 Å². The third kappa shape index (κ3) is 4.66. The van der Waals surface area contributed by atoms with Gasteiger partial charge in [0.25, 0.3) is 0 Å². The first-order chi connectivity index (χ1) is 13.2. The highest BCUT2D eigenvalue weighted by atomic mass is 35.5. The number of nitrogens with zero attached hydrogens (tertiary/aromatic N) is 3. The quantitative estimate of drug-likeness (QED) is 0.837. The van der Waals surface area contributed by atoms with Gasteiger partial charge in [0.2, 0.25) is 11.8 Å². The Morgan fingerprint density at radius 2 is 1.93 bits per heavy atom. The first kappa shape index (κ1) is 20.6. The van der Waals surface area contributed by atoms with Crippen LogP contribution in [0.3, 0.4) is 0 Å². The summed E-state index contributed by atoms with van der Waals surface area (Å²) in [7, 11) is 1.64. The molecule has 0 unspecified atom stereocenters. The molecule has 1 aromatic heterocycles. The molecule has 1 spiro atoms. The molecule has 2 aromatic rings. The molecule has 1 N–H and O–H groups in total. The number of rotatable bonds is 4. The summed E-state index contributed by atoms with van der Waals surface area (Å²) in [5.74, 6) is 2.70. The molecular formula is C20H27ClN4O3. The van der Waals surface area contributed by atoms with E-state index in [2.05, 4.69) is 20.2 Å². The van der Waals surface area contributed by atoms with Crippen molar-refractivity contribution in [2.45, 2.75) is 25.4 Å². The normalized spacial score (nSPS) is 18.4. The fourth-order valence-electron chi connectivity index (χ4n) is 3.65. The van der Waals surface area contributed by atoms with Gasteiger partial charge < -0.3 is 24.4 Å². The Morgan fingerprint density at radius 3 is 2.64 bits per heavy atom. The molecule has 0 amide bonds. The molecule has 0 aliphatic carbocycles. The Morgan fingerprint density at radius 1 is 1.14 bits per heavy atom. The lowest BCUT2D eigenvalue weighted by molar-refractivity contribution is -0.0801. The summed E-state index contributed by atoms with van der Waals surface area (Å²) < 4.78 is 17.3. The van der Waals surface area contributed by atoms with Gasteiger partial charge in [-0.05, 0) is 31.9 Å². The van der Waals surface area contributed by atoms with Gasteiger partial charge in [-0.3, -0.25) is 0 Å². The van der Waals surface area contributed by atoms with Crippen LogP contribution in [0.25, 0.3) is 0 Å². The summed E-state index contributed by atoms with van der Waals surface area (Å²) in [5, 5.41) is 3.45. The van der Waals surface area contributed by atoms with Crippen molar-refractivity contribution in [1.82, 2.24) is 15.3 Å². The Balaban J connectivity index is 0.00000225. The van der Waals surface area contributed by atoms with Gasteiger partial charge in [-0.25, -0.2) is 4.98 Å². The number of aromatic nitrogens is 2. The molecule has 2 fully saturated rings. The van der Waals surface area contributed by atoms with Crippen LogP contribution in [0.15, 0.2) is 30.3 Å².